The number of rotatable bonds is 6. The fraction of sp³-hybridized carbons (Fsp3) is 0.611. The van der Waals surface area contributed by atoms with Crippen LogP contribution in [0.2, 0.25) is 0 Å². The Labute approximate surface area is 145 Å². The molecule has 0 saturated heterocycles. The van der Waals surface area contributed by atoms with Crippen molar-refractivity contribution < 1.29 is 22.7 Å². The quantitative estimate of drug-likeness (QED) is 0.818. The zero-order valence-corrected chi connectivity index (χ0v) is 14.5. The van der Waals surface area contributed by atoms with Crippen LogP contribution >= 0.6 is 0 Å². The summed E-state index contributed by atoms with van der Waals surface area (Å²) in [6.07, 6.45) is -2.18. The fourth-order valence-corrected chi connectivity index (χ4v) is 3.30. The largest absolute Gasteiger partial charge is 0.491 e. The summed E-state index contributed by atoms with van der Waals surface area (Å²) in [6.45, 7) is 3.75. The summed E-state index contributed by atoms with van der Waals surface area (Å²) in [5.41, 5.74) is 4.91. The van der Waals surface area contributed by atoms with E-state index < -0.39 is 11.7 Å². The summed E-state index contributed by atoms with van der Waals surface area (Å²) in [4.78, 5) is 12.3. The van der Waals surface area contributed by atoms with Gasteiger partial charge in [0.2, 0.25) is 5.91 Å². The molecule has 0 unspecified atom stereocenters. The highest BCUT2D eigenvalue weighted by Crippen LogP contribution is 2.35. The minimum absolute atomic E-state index is 0.0271. The van der Waals surface area contributed by atoms with E-state index in [1.54, 1.807) is 13.8 Å². The minimum Gasteiger partial charge on any atom is -0.491 e. The molecule has 1 aromatic carbocycles. The molecule has 2 atom stereocenters. The number of nitrogens with one attached hydrogen (secondary N) is 1. The van der Waals surface area contributed by atoms with E-state index >= 15 is 0 Å². The maximum absolute atomic E-state index is 13.3. The third-order valence-electron chi connectivity index (χ3n) is 4.51. The van der Waals surface area contributed by atoms with Gasteiger partial charge in [-0.25, -0.2) is 0 Å². The van der Waals surface area contributed by atoms with Crippen molar-refractivity contribution in [1.82, 2.24) is 5.32 Å². The smallest absolute Gasteiger partial charge is 0.416 e. The first-order valence-corrected chi connectivity index (χ1v) is 8.57. The van der Waals surface area contributed by atoms with Gasteiger partial charge in [-0.05, 0) is 56.8 Å². The molecule has 0 spiro atoms. The van der Waals surface area contributed by atoms with Gasteiger partial charge in [0.15, 0.2) is 0 Å². The van der Waals surface area contributed by atoms with Gasteiger partial charge in [-0.3, -0.25) is 4.79 Å². The molecule has 0 radical (unpaired) electrons. The Hall–Kier alpha value is -1.76. The van der Waals surface area contributed by atoms with E-state index in [9.17, 15) is 18.0 Å². The Balaban J connectivity index is 2.11. The predicted molar refractivity (Wildman–Crippen MR) is 88.9 cm³/mol. The van der Waals surface area contributed by atoms with Crippen molar-refractivity contribution in [1.29, 1.82) is 0 Å². The van der Waals surface area contributed by atoms with E-state index in [1.165, 1.54) is 12.1 Å². The van der Waals surface area contributed by atoms with Crippen molar-refractivity contribution >= 4 is 5.91 Å². The molecule has 4 nitrogen and oxygen atoms in total. The Kier molecular flexibility index (Phi) is 6.32. The molecule has 1 fully saturated rings. The molecule has 0 aromatic heterocycles. The Morgan fingerprint density at radius 1 is 1.36 bits per heavy atom. The van der Waals surface area contributed by atoms with Crippen LogP contribution in [0.1, 0.15) is 44.2 Å². The highest BCUT2D eigenvalue weighted by molar-refractivity contribution is 5.79. The van der Waals surface area contributed by atoms with Crippen LogP contribution in [0.5, 0.6) is 5.75 Å². The summed E-state index contributed by atoms with van der Waals surface area (Å²) >= 11 is 0. The molecule has 7 heteroatoms. The molecular formula is C18H25F3N2O2. The van der Waals surface area contributed by atoms with Gasteiger partial charge in [-0.15, -0.1) is 0 Å². The van der Waals surface area contributed by atoms with Crippen LogP contribution < -0.4 is 15.8 Å². The van der Waals surface area contributed by atoms with E-state index in [0.29, 0.717) is 6.54 Å². The molecule has 140 valence electrons. The average molecular weight is 358 g/mol. The Bertz CT molecular complexity index is 602. The summed E-state index contributed by atoms with van der Waals surface area (Å²) in [5.74, 6) is -0.147. The van der Waals surface area contributed by atoms with Gasteiger partial charge in [0.05, 0.1) is 11.7 Å². The lowest BCUT2D eigenvalue weighted by Gasteiger charge is -2.19. The lowest BCUT2D eigenvalue weighted by Crippen LogP contribution is -2.35. The number of carbonyl (C=O) groups excluding carboxylic acids is 1. The lowest BCUT2D eigenvalue weighted by molar-refractivity contribution is -0.138. The summed E-state index contributed by atoms with van der Waals surface area (Å²) in [5, 5.41) is 2.64. The van der Waals surface area contributed by atoms with Gasteiger partial charge in [0, 0.05) is 12.5 Å². The number of ether oxygens (including phenoxy) is 1. The monoisotopic (exact) mass is 358 g/mol. The molecule has 0 bridgehead atoms. The predicted octanol–water partition coefficient (Wildman–Crippen LogP) is 3.48. The summed E-state index contributed by atoms with van der Waals surface area (Å²) in [6, 6.07) is 3.84. The number of hydrogen-bond acceptors (Lipinski definition) is 3. The van der Waals surface area contributed by atoms with Crippen molar-refractivity contribution in [2.24, 2.45) is 17.6 Å². The third kappa shape index (κ3) is 5.11. The molecule has 3 N–H and O–H groups in total. The molecular weight excluding hydrogens is 333 g/mol. The van der Waals surface area contributed by atoms with Gasteiger partial charge in [0.1, 0.15) is 5.75 Å². The molecule has 1 saturated carbocycles. The summed E-state index contributed by atoms with van der Waals surface area (Å²) in [7, 11) is 0. The van der Waals surface area contributed by atoms with Crippen LogP contribution in [0.15, 0.2) is 18.2 Å². The minimum atomic E-state index is -4.51. The molecule has 1 aliphatic carbocycles. The third-order valence-corrected chi connectivity index (χ3v) is 4.51. The number of benzene rings is 1. The number of carbonyl (C=O) groups is 1. The van der Waals surface area contributed by atoms with E-state index in [1.807, 2.05) is 0 Å². The maximum Gasteiger partial charge on any atom is 0.416 e. The first-order chi connectivity index (χ1) is 11.7. The van der Waals surface area contributed by atoms with E-state index in [2.05, 4.69) is 5.32 Å². The number of halogens is 3. The van der Waals surface area contributed by atoms with Gasteiger partial charge in [-0.2, -0.15) is 13.2 Å². The van der Waals surface area contributed by atoms with Crippen LogP contribution in [0.4, 0.5) is 13.2 Å². The second kappa shape index (κ2) is 8.08. The molecule has 25 heavy (non-hydrogen) atoms. The van der Waals surface area contributed by atoms with Crippen molar-refractivity contribution in [3.8, 4) is 5.75 Å². The van der Waals surface area contributed by atoms with Gasteiger partial charge < -0.3 is 15.8 Å². The number of nitrogens with two attached hydrogens (primary N) is 1. The van der Waals surface area contributed by atoms with E-state index in [4.69, 9.17) is 10.5 Å². The normalized spacial score (nSPS) is 20.8. The highest BCUT2D eigenvalue weighted by atomic mass is 19.4. The zero-order valence-electron chi connectivity index (χ0n) is 14.5. The van der Waals surface area contributed by atoms with E-state index in [-0.39, 0.29) is 41.7 Å². The molecule has 1 aliphatic rings. The average Bonchev–Trinajstić information content (AvgIpc) is 3.00. The fourth-order valence-electron chi connectivity index (χ4n) is 3.30. The zero-order chi connectivity index (χ0) is 18.6. The summed E-state index contributed by atoms with van der Waals surface area (Å²) < 4.78 is 45.3. The first-order valence-electron chi connectivity index (χ1n) is 8.57. The number of alkyl halides is 3. The second-order valence-corrected chi connectivity index (χ2v) is 6.73. The van der Waals surface area contributed by atoms with Crippen LogP contribution in [0.3, 0.4) is 0 Å². The standard InChI is InChI=1S/C18H25F3N2O2/c1-11(2)25-14-7-6-13(16(8-14)18(19,20)21)10-23-17(24)15-5-3-4-12(15)9-22/h6-8,11-12,15H,3-5,9-10,22H2,1-2H3,(H,23,24)/t12-,15-/m1/s1. The Morgan fingerprint density at radius 3 is 2.68 bits per heavy atom. The number of amides is 1. The second-order valence-electron chi connectivity index (χ2n) is 6.73. The van der Waals surface area contributed by atoms with Crippen molar-refractivity contribution in [2.45, 2.75) is 51.9 Å². The van der Waals surface area contributed by atoms with Crippen LogP contribution in [0, 0.1) is 11.8 Å². The van der Waals surface area contributed by atoms with Crippen LogP contribution in [0.25, 0.3) is 0 Å². The van der Waals surface area contributed by atoms with Gasteiger partial charge in [-0.1, -0.05) is 12.5 Å². The first kappa shape index (κ1) is 19.6. The van der Waals surface area contributed by atoms with Crippen LogP contribution in [-0.4, -0.2) is 18.6 Å². The van der Waals surface area contributed by atoms with Crippen molar-refractivity contribution in [2.75, 3.05) is 6.54 Å². The Morgan fingerprint density at radius 2 is 2.08 bits per heavy atom. The maximum atomic E-state index is 13.3. The van der Waals surface area contributed by atoms with Crippen LogP contribution in [-0.2, 0) is 17.5 Å². The van der Waals surface area contributed by atoms with Crippen molar-refractivity contribution in [3.63, 3.8) is 0 Å². The van der Waals surface area contributed by atoms with E-state index in [0.717, 1.165) is 25.3 Å². The molecule has 0 aliphatic heterocycles. The molecule has 2 rings (SSSR count). The highest BCUT2D eigenvalue weighted by Gasteiger charge is 2.35. The molecule has 1 aromatic rings. The molecule has 0 heterocycles. The topological polar surface area (TPSA) is 64.3 Å². The van der Waals surface area contributed by atoms with Gasteiger partial charge in [0.25, 0.3) is 0 Å². The number of hydrogen-bond donors (Lipinski definition) is 2. The SMILES string of the molecule is CC(C)Oc1ccc(CNC(=O)[C@@H]2CCC[C@@H]2CN)c(C(F)(F)F)c1. The van der Waals surface area contributed by atoms with Crippen molar-refractivity contribution in [3.05, 3.63) is 29.3 Å². The van der Waals surface area contributed by atoms with Gasteiger partial charge >= 0.3 is 6.18 Å². The lowest BCUT2D eigenvalue weighted by atomic mass is 9.95. The molecule has 1 amide bonds.